The number of benzene rings is 1. The molecule has 32 heavy (non-hydrogen) atoms. The molecule has 1 aliphatic rings. The van der Waals surface area contributed by atoms with Gasteiger partial charge in [-0.2, -0.15) is 13.2 Å². The van der Waals surface area contributed by atoms with Gasteiger partial charge in [0, 0.05) is 30.9 Å². The van der Waals surface area contributed by atoms with E-state index in [1.165, 1.54) is 18.3 Å². The average Bonchev–Trinajstić information content (AvgIpc) is 3.16. The summed E-state index contributed by atoms with van der Waals surface area (Å²) in [6.07, 6.45) is -3.17. The lowest BCUT2D eigenvalue weighted by molar-refractivity contribution is -0.153. The van der Waals surface area contributed by atoms with Gasteiger partial charge in [0.05, 0.1) is 52.2 Å². The zero-order chi connectivity index (χ0) is 22.9. The molecule has 2 aromatic heterocycles. The van der Waals surface area contributed by atoms with E-state index in [1.54, 1.807) is 13.0 Å². The number of halogens is 4. The number of alkyl halides is 3. The molecule has 7 nitrogen and oxygen atoms in total. The smallest absolute Gasteiger partial charge is 0.422 e. The number of fused-ring (bicyclic) bond motifs is 1. The fourth-order valence-electron chi connectivity index (χ4n) is 3.36. The number of ether oxygens (including phenoxy) is 2. The van der Waals surface area contributed by atoms with Gasteiger partial charge in [-0.1, -0.05) is 0 Å². The van der Waals surface area contributed by atoms with Crippen molar-refractivity contribution in [3.05, 3.63) is 41.5 Å². The number of pyridine rings is 1. The summed E-state index contributed by atoms with van der Waals surface area (Å²) in [5.41, 5.74) is 1.94. The molecule has 0 amide bonds. The van der Waals surface area contributed by atoms with Crippen molar-refractivity contribution in [3.8, 4) is 5.75 Å². The Morgan fingerprint density at radius 3 is 2.75 bits per heavy atom. The highest BCUT2D eigenvalue weighted by molar-refractivity contribution is 7.84. The molecule has 0 spiro atoms. The molecule has 4 rings (SSSR count). The number of nitrogens with zero attached hydrogens (tertiary/aromatic N) is 3. The minimum Gasteiger partial charge on any atom is -0.484 e. The molecule has 3 heterocycles. The van der Waals surface area contributed by atoms with Crippen molar-refractivity contribution in [2.75, 3.05) is 37.8 Å². The molecule has 1 atom stereocenters. The van der Waals surface area contributed by atoms with Gasteiger partial charge >= 0.3 is 6.18 Å². The molecular formula is C20H20F4N4O3S. The third kappa shape index (κ3) is 5.01. The average molecular weight is 472 g/mol. The first-order valence-corrected chi connectivity index (χ1v) is 11.1. The second kappa shape index (κ2) is 9.02. The van der Waals surface area contributed by atoms with Crippen LogP contribution < -0.4 is 9.64 Å². The first-order chi connectivity index (χ1) is 15.2. The minimum atomic E-state index is -4.47. The molecule has 1 aromatic carbocycles. The molecule has 1 unspecified atom stereocenters. The molecule has 0 saturated carbocycles. The molecule has 12 heteroatoms. The number of imidazole rings is 1. The van der Waals surface area contributed by atoms with Gasteiger partial charge in [-0.25, -0.2) is 9.37 Å². The van der Waals surface area contributed by atoms with Crippen LogP contribution in [0.1, 0.15) is 11.3 Å². The van der Waals surface area contributed by atoms with E-state index in [2.05, 4.69) is 15.0 Å². The summed E-state index contributed by atoms with van der Waals surface area (Å²) < 4.78 is 74.9. The van der Waals surface area contributed by atoms with E-state index in [9.17, 15) is 21.8 Å². The quantitative estimate of drug-likeness (QED) is 0.554. The number of rotatable bonds is 6. The first kappa shape index (κ1) is 22.5. The molecule has 0 aliphatic carbocycles. The van der Waals surface area contributed by atoms with Crippen molar-refractivity contribution >= 4 is 27.5 Å². The highest BCUT2D eigenvalue weighted by Gasteiger charge is 2.29. The SMILES string of the molecule is Cc1c(OCC(F)(F)F)ccnc1CS(=O)c1nc2cc(N3CCOCC3)c(F)cc2[nH]1. The predicted octanol–water partition coefficient (Wildman–Crippen LogP) is 3.49. The maximum atomic E-state index is 14.6. The number of hydrogen-bond acceptors (Lipinski definition) is 6. The normalized spacial score (nSPS) is 15.8. The van der Waals surface area contributed by atoms with E-state index >= 15 is 0 Å². The van der Waals surface area contributed by atoms with Crippen molar-refractivity contribution in [1.82, 2.24) is 15.0 Å². The van der Waals surface area contributed by atoms with Gasteiger partial charge < -0.3 is 19.4 Å². The van der Waals surface area contributed by atoms with Crippen LogP contribution in [-0.2, 0) is 21.3 Å². The Hall–Kier alpha value is -2.73. The van der Waals surface area contributed by atoms with Crippen LogP contribution in [0.25, 0.3) is 11.0 Å². The van der Waals surface area contributed by atoms with E-state index < -0.39 is 29.4 Å². The zero-order valence-corrected chi connectivity index (χ0v) is 17.9. The molecular weight excluding hydrogens is 452 g/mol. The van der Waals surface area contributed by atoms with Crippen LogP contribution in [0.5, 0.6) is 5.75 Å². The Kier molecular flexibility index (Phi) is 6.33. The second-order valence-corrected chi connectivity index (χ2v) is 8.60. The molecule has 1 saturated heterocycles. The maximum absolute atomic E-state index is 14.6. The number of aromatic nitrogens is 3. The minimum absolute atomic E-state index is 0.0196. The monoisotopic (exact) mass is 472 g/mol. The number of aromatic amines is 1. The van der Waals surface area contributed by atoms with Gasteiger partial charge in [0.1, 0.15) is 11.6 Å². The van der Waals surface area contributed by atoms with Gasteiger partial charge in [0.25, 0.3) is 0 Å². The van der Waals surface area contributed by atoms with Crippen LogP contribution in [0.3, 0.4) is 0 Å². The molecule has 0 bridgehead atoms. The van der Waals surface area contributed by atoms with Crippen molar-refractivity contribution in [2.45, 2.75) is 24.0 Å². The third-order valence-corrected chi connectivity index (χ3v) is 6.17. The fraction of sp³-hybridized carbons (Fsp3) is 0.400. The van der Waals surface area contributed by atoms with E-state index in [-0.39, 0.29) is 16.7 Å². The van der Waals surface area contributed by atoms with Crippen LogP contribution in [0.15, 0.2) is 29.6 Å². The largest absolute Gasteiger partial charge is 0.484 e. The van der Waals surface area contributed by atoms with Gasteiger partial charge in [-0.3, -0.25) is 9.19 Å². The van der Waals surface area contributed by atoms with Crippen LogP contribution in [0.4, 0.5) is 23.2 Å². The molecule has 0 radical (unpaired) electrons. The van der Waals surface area contributed by atoms with Gasteiger partial charge in [-0.05, 0) is 19.1 Å². The lowest BCUT2D eigenvalue weighted by atomic mass is 10.2. The fourth-order valence-corrected chi connectivity index (χ4v) is 4.46. The summed E-state index contributed by atoms with van der Waals surface area (Å²) in [5, 5.41) is 0.126. The lowest BCUT2D eigenvalue weighted by Gasteiger charge is -2.29. The standard InChI is InChI=1S/C20H20F4N4O3S/c1-12-16(25-3-2-18(12)31-11-20(22,23)24)10-32(29)19-26-14-8-13(21)17(9-15(14)27-19)28-4-6-30-7-5-28/h2-3,8-9H,4-7,10-11H2,1H3,(H,26,27). The summed E-state index contributed by atoms with van der Waals surface area (Å²) in [4.78, 5) is 13.2. The molecule has 1 aliphatic heterocycles. The predicted molar refractivity (Wildman–Crippen MR) is 110 cm³/mol. The molecule has 172 valence electrons. The van der Waals surface area contributed by atoms with Crippen LogP contribution >= 0.6 is 0 Å². The van der Waals surface area contributed by atoms with Gasteiger partial charge in [0.15, 0.2) is 11.8 Å². The highest BCUT2D eigenvalue weighted by Crippen LogP contribution is 2.28. The number of anilines is 1. The second-order valence-electron chi connectivity index (χ2n) is 7.24. The number of nitrogens with one attached hydrogen (secondary N) is 1. The van der Waals surface area contributed by atoms with Crippen molar-refractivity contribution < 1.29 is 31.2 Å². The summed E-state index contributed by atoms with van der Waals surface area (Å²) in [6.45, 7) is 2.25. The number of hydrogen-bond donors (Lipinski definition) is 1. The molecule has 1 N–H and O–H groups in total. The van der Waals surface area contributed by atoms with Crippen molar-refractivity contribution in [3.63, 3.8) is 0 Å². The Labute approximate surface area is 183 Å². The van der Waals surface area contributed by atoms with E-state index in [1.807, 2.05) is 4.90 Å². The summed E-state index contributed by atoms with van der Waals surface area (Å²) in [5.74, 6) is -0.494. The zero-order valence-electron chi connectivity index (χ0n) is 17.0. The Morgan fingerprint density at radius 1 is 1.28 bits per heavy atom. The first-order valence-electron chi connectivity index (χ1n) is 9.75. The third-order valence-electron chi connectivity index (χ3n) is 5.01. The molecule has 1 fully saturated rings. The van der Waals surface area contributed by atoms with Crippen LogP contribution in [0.2, 0.25) is 0 Å². The number of morpholine rings is 1. The highest BCUT2D eigenvalue weighted by atomic mass is 32.2. The Bertz CT molecular complexity index is 1150. The summed E-state index contributed by atoms with van der Waals surface area (Å²) in [7, 11) is -1.69. The van der Waals surface area contributed by atoms with Crippen molar-refractivity contribution in [2.24, 2.45) is 0 Å². The van der Waals surface area contributed by atoms with E-state index in [0.717, 1.165) is 0 Å². The Balaban J connectivity index is 1.54. The van der Waals surface area contributed by atoms with E-state index in [0.29, 0.717) is 54.3 Å². The lowest BCUT2D eigenvalue weighted by Crippen LogP contribution is -2.36. The molecule has 3 aromatic rings. The number of H-pyrrole nitrogens is 1. The maximum Gasteiger partial charge on any atom is 0.422 e. The topological polar surface area (TPSA) is 80.3 Å². The van der Waals surface area contributed by atoms with Crippen LogP contribution in [0, 0.1) is 12.7 Å². The van der Waals surface area contributed by atoms with Crippen LogP contribution in [-0.4, -0.2) is 58.2 Å². The van der Waals surface area contributed by atoms with Gasteiger partial charge in [0.2, 0.25) is 0 Å². The van der Waals surface area contributed by atoms with Crippen molar-refractivity contribution in [1.29, 1.82) is 0 Å². The summed E-state index contributed by atoms with van der Waals surface area (Å²) in [6, 6.07) is 4.23. The van der Waals surface area contributed by atoms with Gasteiger partial charge in [-0.15, -0.1) is 0 Å². The van der Waals surface area contributed by atoms with E-state index in [4.69, 9.17) is 9.47 Å². The summed E-state index contributed by atoms with van der Waals surface area (Å²) >= 11 is 0. The Morgan fingerprint density at radius 2 is 2.03 bits per heavy atom.